The number of fused-ring (bicyclic) bond motifs is 1. The van der Waals surface area contributed by atoms with E-state index in [1.54, 1.807) is 24.3 Å². The summed E-state index contributed by atoms with van der Waals surface area (Å²) < 4.78 is 86.2. The third-order valence-electron chi connectivity index (χ3n) is 5.48. The molecule has 2 heterocycles. The first-order valence-corrected chi connectivity index (χ1v) is 10.5. The van der Waals surface area contributed by atoms with Crippen LogP contribution in [0.1, 0.15) is 40.1 Å². The first kappa shape index (κ1) is 24.7. The summed E-state index contributed by atoms with van der Waals surface area (Å²) in [4.78, 5) is 12.7. The minimum atomic E-state index is -4.72. The fourth-order valence-electron chi connectivity index (χ4n) is 3.75. The molecule has 0 spiro atoms. The summed E-state index contributed by atoms with van der Waals surface area (Å²) >= 11 is 6.25. The van der Waals surface area contributed by atoms with E-state index in [9.17, 15) is 31.1 Å². The van der Waals surface area contributed by atoms with Crippen LogP contribution in [0.3, 0.4) is 0 Å². The molecule has 0 saturated carbocycles. The van der Waals surface area contributed by atoms with Crippen LogP contribution in [0.2, 0.25) is 5.02 Å². The maximum absolute atomic E-state index is 13.9. The van der Waals surface area contributed by atoms with Gasteiger partial charge in [0.1, 0.15) is 16.6 Å². The molecule has 1 amide bonds. The molecular formula is C22H17ClF6N4O2. The van der Waals surface area contributed by atoms with Gasteiger partial charge in [-0.1, -0.05) is 29.8 Å². The Kier molecular flexibility index (Phi) is 6.34. The quantitative estimate of drug-likeness (QED) is 0.388. The SMILES string of the molecule is COc1ccc([C@H]2C[C@H](C(F)(F)F)n3nc(C(=O)Nc4cccc(C(F)(F)F)c4)c(Cl)c3N2)cc1. The zero-order valence-electron chi connectivity index (χ0n) is 17.8. The lowest BCUT2D eigenvalue weighted by atomic mass is 9.97. The number of ether oxygens (including phenoxy) is 1. The molecule has 0 saturated heterocycles. The highest BCUT2D eigenvalue weighted by atomic mass is 35.5. The van der Waals surface area contributed by atoms with Crippen LogP contribution in [0.15, 0.2) is 48.5 Å². The van der Waals surface area contributed by atoms with Crippen LogP contribution in [-0.2, 0) is 6.18 Å². The number of nitrogens with one attached hydrogen (secondary N) is 2. The monoisotopic (exact) mass is 518 g/mol. The van der Waals surface area contributed by atoms with Crippen LogP contribution in [0, 0.1) is 0 Å². The second-order valence-corrected chi connectivity index (χ2v) is 8.13. The highest BCUT2D eigenvalue weighted by molar-refractivity contribution is 6.36. The largest absolute Gasteiger partial charge is 0.497 e. The fraction of sp³-hybridized carbons (Fsp3) is 0.273. The van der Waals surface area contributed by atoms with Crippen LogP contribution < -0.4 is 15.4 Å². The van der Waals surface area contributed by atoms with Crippen molar-refractivity contribution < 1.29 is 35.9 Å². The van der Waals surface area contributed by atoms with Gasteiger partial charge in [-0.2, -0.15) is 31.4 Å². The predicted molar refractivity (Wildman–Crippen MR) is 116 cm³/mol. The Morgan fingerprint density at radius 3 is 2.43 bits per heavy atom. The molecule has 0 aliphatic carbocycles. The summed E-state index contributed by atoms with van der Waals surface area (Å²) in [7, 11) is 1.46. The fourth-order valence-corrected chi connectivity index (χ4v) is 4.02. The van der Waals surface area contributed by atoms with Crippen molar-refractivity contribution in [3.63, 3.8) is 0 Å². The van der Waals surface area contributed by atoms with Crippen LogP contribution >= 0.6 is 11.6 Å². The van der Waals surface area contributed by atoms with Crippen molar-refractivity contribution in [2.45, 2.75) is 30.9 Å². The lowest BCUT2D eigenvalue weighted by molar-refractivity contribution is -0.173. The number of anilines is 2. The predicted octanol–water partition coefficient (Wildman–Crippen LogP) is 6.48. The highest BCUT2D eigenvalue weighted by Crippen LogP contribution is 2.46. The Labute approximate surface area is 199 Å². The smallest absolute Gasteiger partial charge is 0.416 e. The van der Waals surface area contributed by atoms with Gasteiger partial charge in [0.25, 0.3) is 5.91 Å². The number of hydrogen-bond acceptors (Lipinski definition) is 4. The topological polar surface area (TPSA) is 68.2 Å². The van der Waals surface area contributed by atoms with Crippen LogP contribution in [0.4, 0.5) is 37.8 Å². The maximum atomic E-state index is 13.9. The Bertz CT molecular complexity index is 1240. The second kappa shape index (κ2) is 8.99. The summed E-state index contributed by atoms with van der Waals surface area (Å²) in [6.45, 7) is 0. The molecule has 35 heavy (non-hydrogen) atoms. The lowest BCUT2D eigenvalue weighted by Crippen LogP contribution is -2.35. The second-order valence-electron chi connectivity index (χ2n) is 7.75. The number of aromatic nitrogens is 2. The average molecular weight is 519 g/mol. The van der Waals surface area contributed by atoms with Gasteiger partial charge in [0.2, 0.25) is 0 Å². The molecule has 1 aliphatic rings. The van der Waals surface area contributed by atoms with Crippen molar-refractivity contribution in [2.24, 2.45) is 0 Å². The van der Waals surface area contributed by atoms with Crippen molar-refractivity contribution in [2.75, 3.05) is 17.7 Å². The zero-order chi connectivity index (χ0) is 25.5. The summed E-state index contributed by atoms with van der Waals surface area (Å²) in [5, 5.41) is 8.48. The Hall–Kier alpha value is -3.41. The van der Waals surface area contributed by atoms with E-state index in [1.807, 2.05) is 0 Å². The van der Waals surface area contributed by atoms with Gasteiger partial charge >= 0.3 is 12.4 Å². The van der Waals surface area contributed by atoms with Crippen LogP contribution in [-0.4, -0.2) is 29.0 Å². The number of carbonyl (C=O) groups is 1. The van der Waals surface area contributed by atoms with Crippen molar-refractivity contribution in [3.05, 3.63) is 70.4 Å². The van der Waals surface area contributed by atoms with E-state index in [2.05, 4.69) is 15.7 Å². The molecule has 186 valence electrons. The number of methoxy groups -OCH3 is 1. The molecule has 2 aromatic carbocycles. The molecule has 13 heteroatoms. The van der Waals surface area contributed by atoms with E-state index in [0.717, 1.165) is 12.1 Å². The van der Waals surface area contributed by atoms with Crippen molar-refractivity contribution in [1.29, 1.82) is 0 Å². The molecule has 1 aliphatic heterocycles. The Morgan fingerprint density at radius 1 is 1.14 bits per heavy atom. The maximum Gasteiger partial charge on any atom is 0.416 e. The molecular weight excluding hydrogens is 502 g/mol. The van der Waals surface area contributed by atoms with Crippen molar-refractivity contribution in [1.82, 2.24) is 9.78 Å². The Balaban J connectivity index is 1.66. The van der Waals surface area contributed by atoms with Gasteiger partial charge in [0.05, 0.1) is 18.7 Å². The Morgan fingerprint density at radius 2 is 1.83 bits per heavy atom. The average Bonchev–Trinajstić information content (AvgIpc) is 3.14. The van der Waals surface area contributed by atoms with E-state index < -0.39 is 48.0 Å². The zero-order valence-corrected chi connectivity index (χ0v) is 18.6. The van der Waals surface area contributed by atoms with Gasteiger partial charge < -0.3 is 15.4 Å². The molecule has 4 rings (SSSR count). The summed E-state index contributed by atoms with van der Waals surface area (Å²) in [5.74, 6) is -0.760. The molecule has 1 aromatic heterocycles. The number of nitrogens with zero attached hydrogens (tertiary/aromatic N) is 2. The van der Waals surface area contributed by atoms with E-state index in [-0.39, 0.29) is 16.5 Å². The minimum Gasteiger partial charge on any atom is -0.497 e. The number of rotatable bonds is 4. The molecule has 0 unspecified atom stereocenters. The highest BCUT2D eigenvalue weighted by Gasteiger charge is 2.48. The molecule has 6 nitrogen and oxygen atoms in total. The third kappa shape index (κ3) is 5.02. The summed E-state index contributed by atoms with van der Waals surface area (Å²) in [6.07, 6.45) is -9.80. The first-order chi connectivity index (χ1) is 16.4. The standard InChI is InChI=1S/C22H17ClF6N4O2/c1-35-14-7-5-11(6-8-14)15-10-16(22(27,28)29)33-19(31-15)17(23)18(32-33)20(34)30-13-4-2-3-12(9-13)21(24,25)26/h2-9,15-16,31H,10H2,1H3,(H,30,34)/t15-,16-/m1/s1. The van der Waals surface area contributed by atoms with E-state index in [0.29, 0.717) is 22.1 Å². The summed E-state index contributed by atoms with van der Waals surface area (Å²) in [6, 6.07) is 7.28. The molecule has 2 N–H and O–H groups in total. The number of carbonyl (C=O) groups excluding carboxylic acids is 1. The van der Waals surface area contributed by atoms with E-state index in [1.165, 1.54) is 13.2 Å². The van der Waals surface area contributed by atoms with Gasteiger partial charge in [-0.25, -0.2) is 4.68 Å². The lowest BCUT2D eigenvalue weighted by Gasteiger charge is -2.33. The van der Waals surface area contributed by atoms with Crippen LogP contribution in [0.5, 0.6) is 5.75 Å². The molecule has 2 atom stereocenters. The number of alkyl halides is 6. The molecule has 0 fully saturated rings. The summed E-state index contributed by atoms with van der Waals surface area (Å²) in [5.41, 5.74) is -1.26. The molecule has 0 bridgehead atoms. The first-order valence-electron chi connectivity index (χ1n) is 10.1. The van der Waals surface area contributed by atoms with Gasteiger partial charge in [0.15, 0.2) is 11.7 Å². The van der Waals surface area contributed by atoms with Crippen molar-refractivity contribution >= 4 is 29.0 Å². The normalized spacial score (nSPS) is 17.9. The number of hydrogen-bond donors (Lipinski definition) is 2. The minimum absolute atomic E-state index is 0.219. The van der Waals surface area contributed by atoms with E-state index >= 15 is 0 Å². The van der Waals surface area contributed by atoms with Gasteiger partial charge in [-0.3, -0.25) is 4.79 Å². The molecule has 0 radical (unpaired) electrons. The van der Waals surface area contributed by atoms with E-state index in [4.69, 9.17) is 16.3 Å². The third-order valence-corrected chi connectivity index (χ3v) is 5.83. The van der Waals surface area contributed by atoms with Crippen molar-refractivity contribution in [3.8, 4) is 5.75 Å². The molecule has 3 aromatic rings. The number of benzene rings is 2. The van der Waals surface area contributed by atoms with Gasteiger partial charge in [-0.15, -0.1) is 0 Å². The van der Waals surface area contributed by atoms with Crippen LogP contribution in [0.25, 0.3) is 0 Å². The van der Waals surface area contributed by atoms with Gasteiger partial charge in [0, 0.05) is 12.1 Å². The van der Waals surface area contributed by atoms with Gasteiger partial charge in [-0.05, 0) is 35.9 Å². The number of amides is 1. The number of halogens is 7.